The summed E-state index contributed by atoms with van der Waals surface area (Å²) in [5.41, 5.74) is 0.141. The highest BCUT2D eigenvalue weighted by Crippen LogP contribution is 2.28. The number of carboxylic acids is 1. The number of hydrogen-bond donors (Lipinski definition) is 1. The predicted molar refractivity (Wildman–Crippen MR) is 71.5 cm³/mol. The lowest BCUT2D eigenvalue weighted by Crippen LogP contribution is -2.21. The van der Waals surface area contributed by atoms with Crippen molar-refractivity contribution in [1.82, 2.24) is 9.78 Å². The lowest BCUT2D eigenvalue weighted by atomic mass is 9.97. The number of carboxylic acid groups (broad SMARTS) is 1. The van der Waals surface area contributed by atoms with E-state index in [0.29, 0.717) is 12.3 Å². The van der Waals surface area contributed by atoms with Crippen LogP contribution in [0.15, 0.2) is 6.20 Å². The number of aromatic nitrogens is 2. The minimum atomic E-state index is -0.977. The van der Waals surface area contributed by atoms with Crippen LogP contribution in [0.1, 0.15) is 56.9 Å². The lowest BCUT2D eigenvalue weighted by Gasteiger charge is -2.19. The van der Waals surface area contributed by atoms with Gasteiger partial charge in [0.2, 0.25) is 0 Å². The van der Waals surface area contributed by atoms with Crippen LogP contribution in [0, 0.1) is 5.41 Å². The summed E-state index contributed by atoms with van der Waals surface area (Å²) in [4.78, 5) is 11.4. The largest absolute Gasteiger partial charge is 0.486 e. The Morgan fingerprint density at radius 3 is 2.63 bits per heavy atom. The Hall–Kier alpha value is -1.52. The van der Waals surface area contributed by atoms with Gasteiger partial charge in [0, 0.05) is 6.54 Å². The highest BCUT2D eigenvalue weighted by atomic mass is 16.5. The standard InChI is InChI=1S/C14H22N2O3/c1-14(2,3)9-16-12(13(17)18)11(8-15-16)19-10-6-4-5-7-10/h8,10H,4-7,9H2,1-3H3,(H,17,18). The van der Waals surface area contributed by atoms with Crippen LogP contribution in [0.25, 0.3) is 0 Å². The highest BCUT2D eigenvalue weighted by molar-refractivity contribution is 5.88. The second-order valence-corrected chi connectivity index (χ2v) is 6.41. The number of carbonyl (C=O) groups is 1. The molecule has 19 heavy (non-hydrogen) atoms. The number of ether oxygens (including phenoxy) is 1. The monoisotopic (exact) mass is 266 g/mol. The first kappa shape index (κ1) is 13.9. The van der Waals surface area contributed by atoms with E-state index in [9.17, 15) is 9.90 Å². The Morgan fingerprint density at radius 2 is 2.11 bits per heavy atom. The molecule has 1 fully saturated rings. The number of hydrogen-bond acceptors (Lipinski definition) is 3. The van der Waals surface area contributed by atoms with Gasteiger partial charge < -0.3 is 9.84 Å². The molecule has 0 atom stereocenters. The quantitative estimate of drug-likeness (QED) is 0.910. The highest BCUT2D eigenvalue weighted by Gasteiger charge is 2.25. The fourth-order valence-corrected chi connectivity index (χ4v) is 2.43. The van der Waals surface area contributed by atoms with Gasteiger partial charge in [-0.2, -0.15) is 5.10 Å². The maximum absolute atomic E-state index is 11.4. The van der Waals surface area contributed by atoms with E-state index in [0.717, 1.165) is 25.7 Å². The summed E-state index contributed by atoms with van der Waals surface area (Å²) in [6.07, 6.45) is 6.00. The van der Waals surface area contributed by atoms with Crippen molar-refractivity contribution in [3.63, 3.8) is 0 Å². The Kier molecular flexibility index (Phi) is 3.83. The van der Waals surface area contributed by atoms with E-state index in [-0.39, 0.29) is 17.2 Å². The summed E-state index contributed by atoms with van der Waals surface area (Å²) >= 11 is 0. The van der Waals surface area contributed by atoms with Gasteiger partial charge in [-0.05, 0) is 31.1 Å². The molecule has 1 aliphatic carbocycles. The smallest absolute Gasteiger partial charge is 0.358 e. The molecule has 1 aliphatic rings. The summed E-state index contributed by atoms with van der Waals surface area (Å²) in [6, 6.07) is 0. The summed E-state index contributed by atoms with van der Waals surface area (Å²) in [7, 11) is 0. The Bertz CT molecular complexity index is 454. The second kappa shape index (κ2) is 5.23. The molecule has 2 rings (SSSR count). The summed E-state index contributed by atoms with van der Waals surface area (Å²) in [5, 5.41) is 13.5. The van der Waals surface area contributed by atoms with Crippen LogP contribution in [0.3, 0.4) is 0 Å². The molecule has 1 N–H and O–H groups in total. The van der Waals surface area contributed by atoms with Crippen LogP contribution < -0.4 is 4.74 Å². The molecule has 0 aromatic carbocycles. The SMILES string of the molecule is CC(C)(C)Cn1ncc(OC2CCCC2)c1C(=O)O. The van der Waals surface area contributed by atoms with E-state index in [2.05, 4.69) is 25.9 Å². The molecular weight excluding hydrogens is 244 g/mol. The van der Waals surface area contributed by atoms with E-state index in [1.165, 1.54) is 10.9 Å². The van der Waals surface area contributed by atoms with Crippen molar-refractivity contribution >= 4 is 5.97 Å². The van der Waals surface area contributed by atoms with E-state index in [1.54, 1.807) is 0 Å². The van der Waals surface area contributed by atoms with Crippen LogP contribution in [0.5, 0.6) is 5.75 Å². The molecule has 0 unspecified atom stereocenters. The van der Waals surface area contributed by atoms with Crippen molar-refractivity contribution < 1.29 is 14.6 Å². The predicted octanol–water partition coefficient (Wildman–Crippen LogP) is 2.95. The fourth-order valence-electron chi connectivity index (χ4n) is 2.43. The van der Waals surface area contributed by atoms with E-state index in [1.807, 2.05) is 0 Å². The first-order valence-corrected chi connectivity index (χ1v) is 6.82. The van der Waals surface area contributed by atoms with Gasteiger partial charge in [0.25, 0.3) is 0 Å². The zero-order valence-corrected chi connectivity index (χ0v) is 11.8. The van der Waals surface area contributed by atoms with E-state index < -0.39 is 5.97 Å². The molecule has 5 heteroatoms. The molecule has 106 valence electrons. The Balaban J connectivity index is 2.21. The van der Waals surface area contributed by atoms with Crippen molar-refractivity contribution in [2.24, 2.45) is 5.41 Å². The molecular formula is C14H22N2O3. The van der Waals surface area contributed by atoms with Gasteiger partial charge in [-0.1, -0.05) is 20.8 Å². The topological polar surface area (TPSA) is 64.4 Å². The zero-order chi connectivity index (χ0) is 14.0. The van der Waals surface area contributed by atoms with Gasteiger partial charge in [-0.3, -0.25) is 4.68 Å². The number of aromatic carboxylic acids is 1. The lowest BCUT2D eigenvalue weighted by molar-refractivity contribution is 0.0672. The van der Waals surface area contributed by atoms with Crippen molar-refractivity contribution in [3.05, 3.63) is 11.9 Å². The Morgan fingerprint density at radius 1 is 1.47 bits per heavy atom. The van der Waals surface area contributed by atoms with Crippen molar-refractivity contribution in [3.8, 4) is 5.75 Å². The van der Waals surface area contributed by atoms with E-state index in [4.69, 9.17) is 4.74 Å². The molecule has 1 saturated carbocycles. The third kappa shape index (κ3) is 3.49. The minimum Gasteiger partial charge on any atom is -0.486 e. The van der Waals surface area contributed by atoms with Crippen LogP contribution in [-0.2, 0) is 6.54 Å². The van der Waals surface area contributed by atoms with Gasteiger partial charge in [-0.15, -0.1) is 0 Å². The van der Waals surface area contributed by atoms with Crippen molar-refractivity contribution in [1.29, 1.82) is 0 Å². The fraction of sp³-hybridized carbons (Fsp3) is 0.714. The van der Waals surface area contributed by atoms with Crippen LogP contribution in [0.4, 0.5) is 0 Å². The van der Waals surface area contributed by atoms with Crippen molar-refractivity contribution in [2.45, 2.75) is 59.1 Å². The molecule has 0 amide bonds. The molecule has 0 spiro atoms. The Labute approximate surface area is 113 Å². The summed E-state index contributed by atoms with van der Waals surface area (Å²) in [6.45, 7) is 6.72. The summed E-state index contributed by atoms with van der Waals surface area (Å²) < 4.78 is 7.33. The molecule has 1 aromatic rings. The van der Waals surface area contributed by atoms with Crippen LogP contribution in [-0.4, -0.2) is 27.0 Å². The van der Waals surface area contributed by atoms with Gasteiger partial charge in [0.15, 0.2) is 11.4 Å². The van der Waals surface area contributed by atoms with Gasteiger partial charge in [0.05, 0.1) is 12.3 Å². The average molecular weight is 266 g/mol. The first-order chi connectivity index (χ1) is 8.87. The molecule has 1 aromatic heterocycles. The number of rotatable bonds is 4. The normalized spacial score (nSPS) is 16.8. The third-order valence-electron chi connectivity index (χ3n) is 3.23. The second-order valence-electron chi connectivity index (χ2n) is 6.41. The van der Waals surface area contributed by atoms with Gasteiger partial charge in [0.1, 0.15) is 0 Å². The minimum absolute atomic E-state index is 0.0269. The third-order valence-corrected chi connectivity index (χ3v) is 3.23. The molecule has 0 radical (unpaired) electrons. The molecule has 1 heterocycles. The maximum Gasteiger partial charge on any atom is 0.358 e. The van der Waals surface area contributed by atoms with Crippen LogP contribution >= 0.6 is 0 Å². The molecule has 0 aliphatic heterocycles. The van der Waals surface area contributed by atoms with Gasteiger partial charge >= 0.3 is 5.97 Å². The molecule has 0 bridgehead atoms. The van der Waals surface area contributed by atoms with Crippen LogP contribution in [0.2, 0.25) is 0 Å². The molecule has 0 saturated heterocycles. The van der Waals surface area contributed by atoms with Gasteiger partial charge in [-0.25, -0.2) is 4.79 Å². The first-order valence-electron chi connectivity index (χ1n) is 6.82. The zero-order valence-electron chi connectivity index (χ0n) is 11.8. The maximum atomic E-state index is 11.4. The summed E-state index contributed by atoms with van der Waals surface area (Å²) in [5.74, 6) is -0.571. The van der Waals surface area contributed by atoms with E-state index >= 15 is 0 Å². The van der Waals surface area contributed by atoms with Crippen molar-refractivity contribution in [2.75, 3.05) is 0 Å². The molecule has 5 nitrogen and oxygen atoms in total. The average Bonchev–Trinajstić information content (AvgIpc) is 2.86. The number of nitrogens with zero attached hydrogens (tertiary/aromatic N) is 2.